The van der Waals surface area contributed by atoms with Crippen LogP contribution >= 0.6 is 24.0 Å². The van der Waals surface area contributed by atoms with Gasteiger partial charge in [0.15, 0.2) is 24.6 Å². The number of aliphatic hydroxyl groups is 1. The van der Waals surface area contributed by atoms with Crippen LogP contribution in [0.1, 0.15) is 85.5 Å². The van der Waals surface area contributed by atoms with Gasteiger partial charge in [-0.2, -0.15) is 0 Å². The second kappa shape index (κ2) is 21.3. The highest BCUT2D eigenvalue weighted by Crippen LogP contribution is 2.40. The van der Waals surface area contributed by atoms with Gasteiger partial charge in [-0.25, -0.2) is 9.78 Å². The molecule has 0 bridgehead atoms. The van der Waals surface area contributed by atoms with E-state index in [4.69, 9.17) is 45.4 Å². The molecule has 2 saturated heterocycles. The summed E-state index contributed by atoms with van der Waals surface area (Å²) in [6, 6.07) is 18.1. The molecule has 1 aromatic heterocycles. The summed E-state index contributed by atoms with van der Waals surface area (Å²) >= 11 is 6.96. The van der Waals surface area contributed by atoms with Gasteiger partial charge in [0.2, 0.25) is 0 Å². The summed E-state index contributed by atoms with van der Waals surface area (Å²) in [5, 5.41) is 22.8. The number of rotatable bonds is 16. The van der Waals surface area contributed by atoms with Gasteiger partial charge < -0.3 is 48.7 Å². The number of benzene rings is 2. The van der Waals surface area contributed by atoms with Gasteiger partial charge in [-0.1, -0.05) is 60.7 Å². The number of aliphatic hydroxyl groups excluding tert-OH is 1. The molecule has 5 rings (SSSR count). The van der Waals surface area contributed by atoms with E-state index < -0.39 is 66.7 Å². The average molecular weight is 855 g/mol. The highest BCUT2D eigenvalue weighted by atomic mass is 32.2. The van der Waals surface area contributed by atoms with E-state index in [2.05, 4.69) is 10.3 Å². The lowest BCUT2D eigenvalue weighted by Gasteiger charge is -2.44. The minimum absolute atomic E-state index is 0.0111. The Balaban J connectivity index is 1.27. The van der Waals surface area contributed by atoms with Crippen LogP contribution in [0.25, 0.3) is 0 Å². The van der Waals surface area contributed by atoms with E-state index in [9.17, 15) is 34.2 Å². The number of nitrogens with zero attached hydrogens (tertiary/aromatic N) is 1. The zero-order valence-corrected chi connectivity index (χ0v) is 34.4. The molecule has 59 heavy (non-hydrogen) atoms. The van der Waals surface area contributed by atoms with Crippen molar-refractivity contribution in [3.8, 4) is 0 Å². The summed E-state index contributed by atoms with van der Waals surface area (Å²) in [5.41, 5.74) is 3.36. The van der Waals surface area contributed by atoms with Crippen LogP contribution in [0.3, 0.4) is 0 Å². The van der Waals surface area contributed by atoms with Crippen molar-refractivity contribution in [1.29, 1.82) is 0 Å². The third kappa shape index (κ3) is 13.0. The number of carbonyl (C=O) groups is 5. The van der Waals surface area contributed by atoms with Gasteiger partial charge in [0.05, 0.1) is 29.4 Å². The number of carboxylic acid groups (broad SMARTS) is 1. The van der Waals surface area contributed by atoms with E-state index in [-0.39, 0.29) is 44.0 Å². The Hall–Kier alpha value is -4.98. The molecule has 2 aliphatic heterocycles. The topological polar surface area (TPSA) is 215 Å². The number of esters is 4. The van der Waals surface area contributed by atoms with Crippen LogP contribution in [0.5, 0.6) is 0 Å². The van der Waals surface area contributed by atoms with Gasteiger partial charge in [-0.3, -0.25) is 19.2 Å². The van der Waals surface area contributed by atoms with Crippen molar-refractivity contribution in [2.75, 3.05) is 12.4 Å². The lowest BCUT2D eigenvalue weighted by molar-refractivity contribution is -0.251. The quantitative estimate of drug-likeness (QED) is 0.0780. The summed E-state index contributed by atoms with van der Waals surface area (Å²) < 4.78 is 40.7. The molecule has 316 valence electrons. The van der Waals surface area contributed by atoms with Crippen molar-refractivity contribution in [1.82, 2.24) is 10.3 Å². The molecular formula is C41H46N2O14S2. The number of hydrogen-bond acceptors (Lipinski definition) is 16. The molecule has 2 fully saturated rings. The third-order valence-corrected chi connectivity index (χ3v) is 10.7. The molecule has 0 radical (unpaired) electrons. The Bertz CT molecular complexity index is 1960. The van der Waals surface area contributed by atoms with E-state index in [1.165, 1.54) is 31.7 Å². The fourth-order valence-electron chi connectivity index (χ4n) is 6.59. The SMILES string of the molecule is CC(=O)OCC1OC(CC(=S)NCc2ccc(C3OC(CSc4ncccc4C(=O)O)CC(c4ccc(CO)cc4)O3)cc2)C(OC(C)=O)C(OC(C)=O)C1OC(C)=O. The molecule has 0 aliphatic carbocycles. The second-order valence-electron chi connectivity index (χ2n) is 13.8. The van der Waals surface area contributed by atoms with Crippen LogP contribution in [0.4, 0.5) is 0 Å². The number of aromatic nitrogens is 1. The minimum atomic E-state index is -1.30. The van der Waals surface area contributed by atoms with Crippen molar-refractivity contribution in [2.45, 2.75) is 108 Å². The standard InChI is InChI=1S/C41H46N2O14S2/c1-22(45)51-20-34-37(53-24(3)47)38(54-25(4)48)36(52-23(2)46)33(56-34)17-35(58)43-18-26-7-13-29(14-8-26)41-55-30(21-59-39-31(40(49)50)6-5-15-42-39)16-32(57-41)28-11-9-27(19-44)10-12-28/h5-15,30,32-34,36-38,41,44H,16-21H2,1-4H3,(H,43,58)(H,49,50). The van der Waals surface area contributed by atoms with Crippen LogP contribution in [-0.2, 0) is 65.5 Å². The summed E-state index contributed by atoms with van der Waals surface area (Å²) in [5.74, 6) is -3.43. The van der Waals surface area contributed by atoms with Gasteiger partial charge in [0.25, 0.3) is 0 Å². The summed E-state index contributed by atoms with van der Waals surface area (Å²) in [6.45, 7) is 4.52. The molecule has 0 saturated carbocycles. The Morgan fingerprint density at radius 1 is 0.797 bits per heavy atom. The van der Waals surface area contributed by atoms with Crippen LogP contribution in [0, 0.1) is 0 Å². The van der Waals surface area contributed by atoms with Gasteiger partial charge in [0, 0.05) is 64.6 Å². The number of ether oxygens (including phenoxy) is 7. The first-order valence-corrected chi connectivity index (χ1v) is 20.1. The largest absolute Gasteiger partial charge is 0.478 e. The molecule has 0 spiro atoms. The minimum Gasteiger partial charge on any atom is -0.478 e. The molecule has 16 nitrogen and oxygen atoms in total. The molecule has 0 amide bonds. The fourth-order valence-corrected chi connectivity index (χ4v) is 7.83. The van der Waals surface area contributed by atoms with E-state index >= 15 is 0 Å². The molecule has 8 atom stereocenters. The number of carboxylic acids is 1. The maximum atomic E-state index is 12.2. The molecule has 2 aromatic carbocycles. The van der Waals surface area contributed by atoms with Gasteiger partial charge in [0.1, 0.15) is 23.8 Å². The van der Waals surface area contributed by atoms with Crippen molar-refractivity contribution in [3.63, 3.8) is 0 Å². The van der Waals surface area contributed by atoms with E-state index in [0.29, 0.717) is 22.2 Å². The Kier molecular flexibility index (Phi) is 16.3. The van der Waals surface area contributed by atoms with Crippen molar-refractivity contribution >= 4 is 58.8 Å². The first kappa shape index (κ1) is 45.1. The molecule has 18 heteroatoms. The molecule has 8 unspecified atom stereocenters. The van der Waals surface area contributed by atoms with E-state index in [1.807, 2.05) is 48.5 Å². The maximum Gasteiger partial charge on any atom is 0.338 e. The zero-order chi connectivity index (χ0) is 42.6. The van der Waals surface area contributed by atoms with Crippen molar-refractivity contribution in [3.05, 3.63) is 94.7 Å². The highest BCUT2D eigenvalue weighted by molar-refractivity contribution is 7.99. The maximum absolute atomic E-state index is 12.2. The second-order valence-corrected chi connectivity index (χ2v) is 15.3. The Morgan fingerprint density at radius 3 is 2.02 bits per heavy atom. The molecule has 3 N–H and O–H groups in total. The lowest BCUT2D eigenvalue weighted by Crippen LogP contribution is -2.62. The van der Waals surface area contributed by atoms with E-state index in [0.717, 1.165) is 36.1 Å². The fraction of sp³-hybridized carbons (Fsp3) is 0.439. The average Bonchev–Trinajstić information content (AvgIpc) is 3.20. The summed E-state index contributed by atoms with van der Waals surface area (Å²) in [7, 11) is 0. The van der Waals surface area contributed by atoms with Crippen LogP contribution in [-0.4, -0.2) is 99.0 Å². The normalized spacial score (nSPS) is 23.9. The zero-order valence-electron chi connectivity index (χ0n) is 32.8. The first-order chi connectivity index (χ1) is 28.2. The number of thiocarbonyl (C=S) groups is 1. The number of pyridine rings is 1. The summed E-state index contributed by atoms with van der Waals surface area (Å²) in [6.07, 6.45) is -5.29. The monoisotopic (exact) mass is 854 g/mol. The molecular weight excluding hydrogens is 809 g/mol. The molecule has 3 heterocycles. The summed E-state index contributed by atoms with van der Waals surface area (Å²) in [4.78, 5) is 64.5. The Morgan fingerprint density at radius 2 is 1.41 bits per heavy atom. The van der Waals surface area contributed by atoms with Crippen LogP contribution in [0.15, 0.2) is 71.9 Å². The van der Waals surface area contributed by atoms with Crippen molar-refractivity contribution < 1.29 is 67.3 Å². The van der Waals surface area contributed by atoms with Gasteiger partial charge in [-0.05, 0) is 28.8 Å². The van der Waals surface area contributed by atoms with Crippen LogP contribution < -0.4 is 5.32 Å². The lowest BCUT2D eigenvalue weighted by atomic mass is 9.92. The number of nitrogens with one attached hydrogen (secondary N) is 1. The van der Waals surface area contributed by atoms with Crippen LogP contribution in [0.2, 0.25) is 0 Å². The highest BCUT2D eigenvalue weighted by Gasteiger charge is 2.52. The molecule has 2 aliphatic rings. The Labute approximate surface area is 350 Å². The van der Waals surface area contributed by atoms with Crippen molar-refractivity contribution in [2.24, 2.45) is 0 Å². The smallest absolute Gasteiger partial charge is 0.338 e. The predicted molar refractivity (Wildman–Crippen MR) is 213 cm³/mol. The first-order valence-electron chi connectivity index (χ1n) is 18.7. The number of carbonyl (C=O) groups excluding carboxylic acids is 4. The number of aromatic carboxylic acids is 1. The number of hydrogen-bond donors (Lipinski definition) is 3. The predicted octanol–water partition coefficient (Wildman–Crippen LogP) is 4.54. The van der Waals surface area contributed by atoms with Gasteiger partial charge in [-0.15, -0.1) is 11.8 Å². The third-order valence-electron chi connectivity index (χ3n) is 9.24. The molecule has 3 aromatic rings. The van der Waals surface area contributed by atoms with Gasteiger partial charge >= 0.3 is 29.8 Å². The number of thioether (sulfide) groups is 1. The van der Waals surface area contributed by atoms with E-state index in [1.54, 1.807) is 12.3 Å².